The molecule has 1 saturated heterocycles. The van der Waals surface area contributed by atoms with Crippen molar-refractivity contribution in [1.82, 2.24) is 0 Å². The van der Waals surface area contributed by atoms with Crippen LogP contribution in [0, 0.1) is 17.8 Å². The minimum absolute atomic E-state index is 0.0327. The van der Waals surface area contributed by atoms with Gasteiger partial charge in [0.2, 0.25) is 0 Å². The summed E-state index contributed by atoms with van der Waals surface area (Å²) in [5.41, 5.74) is -0.118. The van der Waals surface area contributed by atoms with Gasteiger partial charge in [-0.1, -0.05) is 0 Å². The number of carbonyl (C=O) groups excluding carboxylic acids is 1. The normalized spacial score (nSPS) is 52.4. The Labute approximate surface area is 102 Å². The van der Waals surface area contributed by atoms with Gasteiger partial charge in [-0.3, -0.25) is 4.79 Å². The molecule has 3 nitrogen and oxygen atoms in total. The molecule has 5 atom stereocenters. The molecular weight excluding hydrogens is 216 g/mol. The van der Waals surface area contributed by atoms with Crippen molar-refractivity contribution < 1.29 is 14.3 Å². The van der Waals surface area contributed by atoms with Gasteiger partial charge in [0.15, 0.2) is 6.29 Å². The van der Waals surface area contributed by atoms with Gasteiger partial charge in [-0.05, 0) is 50.9 Å². The molecule has 3 heteroatoms. The Hall–Kier alpha value is -0.410. The molecule has 4 saturated carbocycles. The molecule has 0 aromatic carbocycles. The monoisotopic (exact) mass is 236 g/mol. The van der Waals surface area contributed by atoms with Crippen LogP contribution in [-0.4, -0.2) is 24.3 Å². The van der Waals surface area contributed by atoms with Gasteiger partial charge in [-0.15, -0.1) is 0 Å². The number of ether oxygens (including phenoxy) is 2. The summed E-state index contributed by atoms with van der Waals surface area (Å²) in [4.78, 5) is 12.2. The summed E-state index contributed by atoms with van der Waals surface area (Å²) >= 11 is 0. The van der Waals surface area contributed by atoms with Crippen LogP contribution in [0.4, 0.5) is 0 Å². The minimum atomic E-state index is -0.118. The average Bonchev–Trinajstić information content (AvgIpc) is 2.68. The van der Waals surface area contributed by atoms with Gasteiger partial charge < -0.3 is 9.47 Å². The Morgan fingerprint density at radius 1 is 1.24 bits per heavy atom. The van der Waals surface area contributed by atoms with E-state index in [4.69, 9.17) is 9.47 Å². The maximum Gasteiger partial charge on any atom is 0.158 e. The second kappa shape index (κ2) is 3.55. The number of hydrogen-bond acceptors (Lipinski definition) is 3. The van der Waals surface area contributed by atoms with Gasteiger partial charge in [-0.25, -0.2) is 0 Å². The molecule has 4 aliphatic carbocycles. The third kappa shape index (κ3) is 1.45. The largest absolute Gasteiger partial charge is 0.353 e. The van der Waals surface area contributed by atoms with Crippen LogP contribution < -0.4 is 0 Å². The lowest BCUT2D eigenvalue weighted by molar-refractivity contribution is -0.232. The molecule has 5 fully saturated rings. The molecule has 0 spiro atoms. The van der Waals surface area contributed by atoms with Crippen LogP contribution in [0.5, 0.6) is 0 Å². The van der Waals surface area contributed by atoms with Crippen molar-refractivity contribution in [3.63, 3.8) is 0 Å². The van der Waals surface area contributed by atoms with E-state index in [1.54, 1.807) is 0 Å². The first-order chi connectivity index (χ1) is 8.27. The van der Waals surface area contributed by atoms with Gasteiger partial charge in [0.25, 0.3) is 0 Å². The van der Waals surface area contributed by atoms with Crippen LogP contribution >= 0.6 is 0 Å². The van der Waals surface area contributed by atoms with Gasteiger partial charge in [0.1, 0.15) is 5.78 Å². The summed E-state index contributed by atoms with van der Waals surface area (Å²) in [6.45, 7) is 0.826. The molecule has 5 rings (SSSR count). The highest BCUT2D eigenvalue weighted by Crippen LogP contribution is 2.60. The summed E-state index contributed by atoms with van der Waals surface area (Å²) in [6, 6.07) is 0. The highest BCUT2D eigenvalue weighted by Gasteiger charge is 2.64. The molecule has 0 N–H and O–H groups in total. The van der Waals surface area contributed by atoms with Crippen LogP contribution in [0.2, 0.25) is 0 Å². The van der Waals surface area contributed by atoms with E-state index >= 15 is 0 Å². The topological polar surface area (TPSA) is 35.5 Å². The number of hydrogen-bond donors (Lipinski definition) is 0. The fourth-order valence-corrected chi connectivity index (χ4v) is 4.69. The Balaban J connectivity index is 1.55. The number of carbonyl (C=O) groups is 1. The van der Waals surface area contributed by atoms with Gasteiger partial charge in [-0.2, -0.15) is 0 Å². The van der Waals surface area contributed by atoms with E-state index in [0.717, 1.165) is 51.0 Å². The third-order valence-corrected chi connectivity index (χ3v) is 5.30. The Bertz CT molecular complexity index is 347. The van der Waals surface area contributed by atoms with Crippen LogP contribution in [0.1, 0.15) is 44.9 Å². The maximum atomic E-state index is 12.2. The number of Topliss-reactive ketones (excluding diaryl/α,β-unsaturated/α-hetero) is 1. The second-order valence-corrected chi connectivity index (χ2v) is 6.38. The van der Waals surface area contributed by atoms with Crippen LogP contribution in [-0.2, 0) is 14.3 Å². The zero-order chi connectivity index (χ0) is 11.5. The van der Waals surface area contributed by atoms with E-state index in [1.165, 1.54) is 6.42 Å². The molecule has 0 aromatic rings. The molecule has 94 valence electrons. The Kier molecular flexibility index (Phi) is 2.19. The molecule has 1 aliphatic heterocycles. The molecule has 0 radical (unpaired) electrons. The quantitative estimate of drug-likeness (QED) is 0.738. The second-order valence-electron chi connectivity index (χ2n) is 6.38. The molecule has 0 aromatic heterocycles. The summed E-state index contributed by atoms with van der Waals surface area (Å²) in [5.74, 6) is 1.77. The molecule has 17 heavy (non-hydrogen) atoms. The predicted octanol–water partition coefficient (Wildman–Crippen LogP) is 2.29. The van der Waals surface area contributed by atoms with Crippen LogP contribution in [0.25, 0.3) is 0 Å². The van der Waals surface area contributed by atoms with E-state index in [1.807, 2.05) is 0 Å². The lowest BCUT2D eigenvalue weighted by Gasteiger charge is -2.36. The lowest BCUT2D eigenvalue weighted by atomic mass is 9.81. The van der Waals surface area contributed by atoms with Crippen molar-refractivity contribution in [2.24, 2.45) is 17.8 Å². The number of ketones is 1. The van der Waals surface area contributed by atoms with Gasteiger partial charge in [0.05, 0.1) is 5.60 Å². The van der Waals surface area contributed by atoms with Gasteiger partial charge >= 0.3 is 0 Å². The smallest absolute Gasteiger partial charge is 0.158 e. The van der Waals surface area contributed by atoms with E-state index in [9.17, 15) is 4.79 Å². The zero-order valence-electron chi connectivity index (χ0n) is 10.2. The molecule has 5 unspecified atom stereocenters. The molecule has 1 heterocycles. The van der Waals surface area contributed by atoms with E-state index in [0.29, 0.717) is 11.7 Å². The van der Waals surface area contributed by atoms with E-state index in [-0.39, 0.29) is 17.8 Å². The molecule has 5 aliphatic rings. The molecular formula is C14H20O3. The van der Waals surface area contributed by atoms with Crippen molar-refractivity contribution in [3.8, 4) is 0 Å². The predicted molar refractivity (Wildman–Crippen MR) is 61.4 cm³/mol. The lowest BCUT2D eigenvalue weighted by Crippen LogP contribution is -2.40. The summed E-state index contributed by atoms with van der Waals surface area (Å²) < 4.78 is 12.0. The summed E-state index contributed by atoms with van der Waals surface area (Å²) in [5, 5.41) is 0. The Morgan fingerprint density at radius 3 is 3.00 bits per heavy atom. The maximum absolute atomic E-state index is 12.2. The number of rotatable bonds is 2. The fourth-order valence-electron chi connectivity index (χ4n) is 4.69. The fraction of sp³-hybridized carbons (Fsp3) is 0.929. The van der Waals surface area contributed by atoms with Crippen LogP contribution in [0.15, 0.2) is 0 Å². The third-order valence-electron chi connectivity index (χ3n) is 5.30. The summed E-state index contributed by atoms with van der Waals surface area (Å²) in [6.07, 6.45) is 7.64. The Morgan fingerprint density at radius 2 is 2.18 bits per heavy atom. The highest BCUT2D eigenvalue weighted by molar-refractivity contribution is 5.89. The van der Waals surface area contributed by atoms with Crippen molar-refractivity contribution in [2.45, 2.75) is 56.8 Å². The first kappa shape index (κ1) is 10.5. The van der Waals surface area contributed by atoms with Crippen molar-refractivity contribution >= 4 is 5.78 Å². The zero-order valence-corrected chi connectivity index (χ0v) is 10.2. The average molecular weight is 236 g/mol. The van der Waals surface area contributed by atoms with E-state index < -0.39 is 0 Å². The van der Waals surface area contributed by atoms with Crippen LogP contribution in [0.3, 0.4) is 0 Å². The summed E-state index contributed by atoms with van der Waals surface area (Å²) in [7, 11) is 0. The standard InChI is InChI=1S/C14H20O3/c15-13-10-5-9-6-11(13)14(7-9,8-10)17-12-3-1-2-4-16-12/h9-12H,1-8H2. The van der Waals surface area contributed by atoms with Crippen molar-refractivity contribution in [1.29, 1.82) is 0 Å². The first-order valence-corrected chi connectivity index (χ1v) is 7.10. The first-order valence-electron chi connectivity index (χ1n) is 7.10. The molecule has 0 amide bonds. The van der Waals surface area contributed by atoms with Gasteiger partial charge in [0, 0.05) is 18.4 Å². The van der Waals surface area contributed by atoms with Crippen molar-refractivity contribution in [3.05, 3.63) is 0 Å². The highest BCUT2D eigenvalue weighted by atomic mass is 16.7. The molecule has 4 bridgehead atoms. The van der Waals surface area contributed by atoms with Crippen molar-refractivity contribution in [2.75, 3.05) is 6.61 Å². The SMILES string of the molecule is O=C1C2CC3CC1C(OC1CCCCO1)(C3)C2. The van der Waals surface area contributed by atoms with E-state index in [2.05, 4.69) is 0 Å². The minimum Gasteiger partial charge on any atom is -0.353 e.